The molecule has 2 rings (SSSR count). The minimum atomic E-state index is -4.75. The van der Waals surface area contributed by atoms with E-state index in [9.17, 15) is 18.0 Å². The Hall–Kier alpha value is -2.50. The summed E-state index contributed by atoms with van der Waals surface area (Å²) in [6, 6.07) is 10.3. The summed E-state index contributed by atoms with van der Waals surface area (Å²) in [7, 11) is 0. The van der Waals surface area contributed by atoms with Gasteiger partial charge in [-0.1, -0.05) is 17.7 Å². The van der Waals surface area contributed by atoms with Crippen molar-refractivity contribution in [2.75, 3.05) is 5.32 Å². The van der Waals surface area contributed by atoms with Crippen LogP contribution in [0.4, 0.5) is 18.9 Å². The first-order chi connectivity index (χ1) is 10.2. The van der Waals surface area contributed by atoms with E-state index < -0.39 is 12.3 Å². The predicted molar refractivity (Wildman–Crippen MR) is 77.0 cm³/mol. The van der Waals surface area contributed by atoms with Gasteiger partial charge in [0.15, 0.2) is 0 Å². The van der Waals surface area contributed by atoms with E-state index in [0.29, 0.717) is 5.69 Å². The monoisotopic (exact) mass is 309 g/mol. The van der Waals surface area contributed by atoms with Crippen molar-refractivity contribution >= 4 is 11.6 Å². The predicted octanol–water partition coefficient (Wildman–Crippen LogP) is 4.45. The van der Waals surface area contributed by atoms with Crippen molar-refractivity contribution in [2.24, 2.45) is 0 Å². The van der Waals surface area contributed by atoms with Crippen molar-refractivity contribution in [1.29, 1.82) is 0 Å². The molecule has 0 saturated heterocycles. The normalized spacial score (nSPS) is 11.1. The Balaban J connectivity index is 2.10. The van der Waals surface area contributed by atoms with Crippen molar-refractivity contribution in [2.45, 2.75) is 20.2 Å². The molecule has 3 nitrogen and oxygen atoms in total. The van der Waals surface area contributed by atoms with Gasteiger partial charge in [0, 0.05) is 11.3 Å². The molecule has 0 atom stereocenters. The van der Waals surface area contributed by atoms with Crippen molar-refractivity contribution in [3.8, 4) is 5.75 Å². The number of amides is 1. The van der Waals surface area contributed by atoms with Crippen LogP contribution in [-0.2, 0) is 0 Å². The van der Waals surface area contributed by atoms with Crippen LogP contribution in [0.3, 0.4) is 0 Å². The van der Waals surface area contributed by atoms with Gasteiger partial charge in [-0.25, -0.2) is 0 Å². The molecule has 0 fully saturated rings. The summed E-state index contributed by atoms with van der Waals surface area (Å²) in [5.74, 6) is -0.763. The molecule has 0 unspecified atom stereocenters. The lowest BCUT2D eigenvalue weighted by atomic mass is 10.1. The SMILES string of the molecule is Cc1ccc(NC(=O)c2ccc(OC(F)(F)F)cc2)c(C)c1. The summed E-state index contributed by atoms with van der Waals surface area (Å²) in [6.07, 6.45) is -4.75. The van der Waals surface area contributed by atoms with E-state index in [0.717, 1.165) is 23.3 Å². The van der Waals surface area contributed by atoms with Crippen molar-refractivity contribution in [3.63, 3.8) is 0 Å². The number of rotatable bonds is 3. The van der Waals surface area contributed by atoms with Crippen molar-refractivity contribution in [3.05, 3.63) is 59.2 Å². The number of alkyl halides is 3. The fraction of sp³-hybridized carbons (Fsp3) is 0.188. The number of benzene rings is 2. The van der Waals surface area contributed by atoms with Gasteiger partial charge >= 0.3 is 6.36 Å². The molecule has 116 valence electrons. The Bertz CT molecular complexity index is 679. The highest BCUT2D eigenvalue weighted by Gasteiger charge is 2.31. The number of anilines is 1. The zero-order chi connectivity index (χ0) is 16.3. The molecule has 0 radical (unpaired) electrons. The number of hydrogen-bond donors (Lipinski definition) is 1. The molecule has 0 aromatic heterocycles. The Labute approximate surface area is 125 Å². The lowest BCUT2D eigenvalue weighted by Crippen LogP contribution is -2.17. The second-order valence-electron chi connectivity index (χ2n) is 4.84. The van der Waals surface area contributed by atoms with Crippen LogP contribution in [0.15, 0.2) is 42.5 Å². The molecule has 0 aliphatic heterocycles. The molecule has 1 N–H and O–H groups in total. The Morgan fingerprint density at radius 1 is 1.05 bits per heavy atom. The molecular weight excluding hydrogens is 295 g/mol. The number of hydrogen-bond acceptors (Lipinski definition) is 2. The van der Waals surface area contributed by atoms with Gasteiger partial charge in [-0.05, 0) is 49.7 Å². The molecule has 0 heterocycles. The third-order valence-electron chi connectivity index (χ3n) is 2.98. The number of carbonyl (C=O) groups excluding carboxylic acids is 1. The maximum atomic E-state index is 12.1. The van der Waals surface area contributed by atoms with E-state index in [1.807, 2.05) is 26.0 Å². The Morgan fingerprint density at radius 2 is 1.68 bits per heavy atom. The largest absolute Gasteiger partial charge is 0.573 e. The number of carbonyl (C=O) groups is 1. The summed E-state index contributed by atoms with van der Waals surface area (Å²) in [5, 5.41) is 2.72. The van der Waals surface area contributed by atoms with Gasteiger partial charge in [-0.3, -0.25) is 4.79 Å². The average Bonchev–Trinajstić information content (AvgIpc) is 2.41. The van der Waals surface area contributed by atoms with Gasteiger partial charge < -0.3 is 10.1 Å². The molecule has 0 saturated carbocycles. The first kappa shape index (κ1) is 15.9. The van der Waals surface area contributed by atoms with Gasteiger partial charge in [-0.15, -0.1) is 13.2 Å². The van der Waals surface area contributed by atoms with Gasteiger partial charge in [0.05, 0.1) is 0 Å². The van der Waals surface area contributed by atoms with E-state index in [4.69, 9.17) is 0 Å². The minimum absolute atomic E-state index is 0.245. The van der Waals surface area contributed by atoms with Crippen molar-refractivity contribution in [1.82, 2.24) is 0 Å². The Morgan fingerprint density at radius 3 is 2.23 bits per heavy atom. The van der Waals surface area contributed by atoms with Crippen LogP contribution < -0.4 is 10.1 Å². The van der Waals surface area contributed by atoms with Crippen LogP contribution in [0.2, 0.25) is 0 Å². The number of aryl methyl sites for hydroxylation is 2. The number of nitrogens with one attached hydrogen (secondary N) is 1. The summed E-state index contributed by atoms with van der Waals surface area (Å²) in [6.45, 7) is 3.81. The average molecular weight is 309 g/mol. The van der Waals surface area contributed by atoms with Crippen LogP contribution in [0.25, 0.3) is 0 Å². The van der Waals surface area contributed by atoms with E-state index in [1.54, 1.807) is 6.07 Å². The van der Waals surface area contributed by atoms with Crippen LogP contribution in [0.1, 0.15) is 21.5 Å². The van der Waals surface area contributed by atoms with Gasteiger partial charge in [-0.2, -0.15) is 0 Å². The molecule has 0 aliphatic rings. The first-order valence-corrected chi connectivity index (χ1v) is 6.49. The molecule has 0 aliphatic carbocycles. The van der Waals surface area contributed by atoms with Crippen LogP contribution in [0, 0.1) is 13.8 Å². The van der Waals surface area contributed by atoms with E-state index in [2.05, 4.69) is 10.1 Å². The highest BCUT2D eigenvalue weighted by molar-refractivity contribution is 6.04. The summed E-state index contributed by atoms with van der Waals surface area (Å²) >= 11 is 0. The maximum absolute atomic E-state index is 12.1. The summed E-state index contributed by atoms with van der Waals surface area (Å²) in [4.78, 5) is 12.1. The molecule has 2 aromatic carbocycles. The second-order valence-corrected chi connectivity index (χ2v) is 4.84. The highest BCUT2D eigenvalue weighted by Crippen LogP contribution is 2.23. The molecule has 6 heteroatoms. The van der Waals surface area contributed by atoms with E-state index in [1.165, 1.54) is 12.1 Å². The van der Waals surface area contributed by atoms with Gasteiger partial charge in [0.1, 0.15) is 5.75 Å². The topological polar surface area (TPSA) is 38.3 Å². The van der Waals surface area contributed by atoms with Gasteiger partial charge in [0.2, 0.25) is 0 Å². The fourth-order valence-corrected chi connectivity index (χ4v) is 1.96. The third kappa shape index (κ3) is 4.25. The number of halogens is 3. The maximum Gasteiger partial charge on any atom is 0.573 e. The van der Waals surface area contributed by atoms with Crippen LogP contribution >= 0.6 is 0 Å². The fourth-order valence-electron chi connectivity index (χ4n) is 1.96. The zero-order valence-corrected chi connectivity index (χ0v) is 12.0. The quantitative estimate of drug-likeness (QED) is 0.909. The lowest BCUT2D eigenvalue weighted by Gasteiger charge is -2.11. The zero-order valence-electron chi connectivity index (χ0n) is 12.0. The van der Waals surface area contributed by atoms with Gasteiger partial charge in [0.25, 0.3) is 5.91 Å². The summed E-state index contributed by atoms with van der Waals surface area (Å²) in [5.41, 5.74) is 2.88. The molecular formula is C16H14F3NO2. The molecule has 22 heavy (non-hydrogen) atoms. The molecule has 0 bridgehead atoms. The van der Waals surface area contributed by atoms with Crippen LogP contribution in [-0.4, -0.2) is 12.3 Å². The highest BCUT2D eigenvalue weighted by atomic mass is 19.4. The standard InChI is InChI=1S/C16H14F3NO2/c1-10-3-8-14(11(2)9-10)20-15(21)12-4-6-13(7-5-12)22-16(17,18)19/h3-9H,1-2H3,(H,20,21). The number of ether oxygens (including phenoxy) is 1. The Kier molecular flexibility index (Phi) is 4.40. The van der Waals surface area contributed by atoms with Crippen LogP contribution in [0.5, 0.6) is 5.75 Å². The smallest absolute Gasteiger partial charge is 0.406 e. The first-order valence-electron chi connectivity index (χ1n) is 6.49. The minimum Gasteiger partial charge on any atom is -0.406 e. The summed E-state index contributed by atoms with van der Waals surface area (Å²) < 4.78 is 39.9. The molecule has 0 spiro atoms. The molecule has 1 amide bonds. The van der Waals surface area contributed by atoms with E-state index in [-0.39, 0.29) is 11.3 Å². The third-order valence-corrected chi connectivity index (χ3v) is 2.98. The molecule has 2 aromatic rings. The second kappa shape index (κ2) is 6.09. The lowest BCUT2D eigenvalue weighted by molar-refractivity contribution is -0.274. The van der Waals surface area contributed by atoms with E-state index >= 15 is 0 Å². The van der Waals surface area contributed by atoms with Crippen molar-refractivity contribution < 1.29 is 22.7 Å².